The van der Waals surface area contributed by atoms with Crippen LogP contribution >= 0.6 is 0 Å². The van der Waals surface area contributed by atoms with Crippen LogP contribution in [-0.2, 0) is 4.79 Å². The van der Waals surface area contributed by atoms with Crippen LogP contribution in [0.4, 0.5) is 0 Å². The highest BCUT2D eigenvalue weighted by Crippen LogP contribution is 2.37. The molecule has 0 aliphatic heterocycles. The summed E-state index contributed by atoms with van der Waals surface area (Å²) in [4.78, 5) is 10.7. The Morgan fingerprint density at radius 3 is 2.75 bits per heavy atom. The minimum Gasteiger partial charge on any atom is -0.481 e. The maximum atomic E-state index is 10.7. The second kappa shape index (κ2) is 6.69. The number of rotatable bonds is 6. The topological polar surface area (TPSA) is 57.5 Å². The van der Waals surface area contributed by atoms with Gasteiger partial charge in [0.2, 0.25) is 0 Å². The third kappa shape index (κ3) is 3.97. The van der Waals surface area contributed by atoms with Gasteiger partial charge in [0, 0.05) is 6.42 Å². The number of aliphatic hydroxyl groups is 1. The molecule has 3 atom stereocenters. The zero-order valence-corrected chi connectivity index (χ0v) is 9.93. The average molecular weight is 226 g/mol. The van der Waals surface area contributed by atoms with Gasteiger partial charge in [0.05, 0.1) is 6.10 Å². The van der Waals surface area contributed by atoms with Gasteiger partial charge in [0.15, 0.2) is 0 Å². The first-order valence-corrected chi connectivity index (χ1v) is 6.20. The second-order valence-corrected chi connectivity index (χ2v) is 4.62. The molecule has 92 valence electrons. The van der Waals surface area contributed by atoms with Crippen molar-refractivity contribution in [1.29, 1.82) is 0 Å². The molecule has 1 saturated carbocycles. The lowest BCUT2D eigenvalue weighted by molar-refractivity contribution is -0.138. The normalized spacial score (nSPS) is 30.0. The van der Waals surface area contributed by atoms with Crippen LogP contribution < -0.4 is 0 Å². The molecule has 0 radical (unpaired) electrons. The Bertz CT molecular complexity index is 248. The number of allylic oxidation sites excluding steroid dienone is 2. The summed E-state index contributed by atoms with van der Waals surface area (Å²) in [6.07, 6.45) is 8.68. The molecule has 0 aromatic rings. The van der Waals surface area contributed by atoms with E-state index in [2.05, 4.69) is 19.1 Å². The molecule has 0 amide bonds. The highest BCUT2D eigenvalue weighted by atomic mass is 16.4. The highest BCUT2D eigenvalue weighted by Gasteiger charge is 2.35. The average Bonchev–Trinajstić information content (AvgIpc) is 2.55. The van der Waals surface area contributed by atoms with E-state index in [9.17, 15) is 9.90 Å². The number of aliphatic hydroxyl groups excluding tert-OH is 1. The molecule has 0 spiro atoms. The van der Waals surface area contributed by atoms with Gasteiger partial charge in [-0.2, -0.15) is 0 Å². The van der Waals surface area contributed by atoms with Crippen LogP contribution in [0.2, 0.25) is 0 Å². The van der Waals surface area contributed by atoms with Crippen LogP contribution in [0.25, 0.3) is 0 Å². The summed E-state index contributed by atoms with van der Waals surface area (Å²) in [6, 6.07) is 0. The van der Waals surface area contributed by atoms with E-state index in [4.69, 9.17) is 5.11 Å². The van der Waals surface area contributed by atoms with Crippen molar-refractivity contribution in [3.05, 3.63) is 12.2 Å². The first-order valence-electron chi connectivity index (χ1n) is 6.20. The van der Waals surface area contributed by atoms with E-state index in [1.165, 1.54) is 0 Å². The van der Waals surface area contributed by atoms with Gasteiger partial charge in [-0.1, -0.05) is 19.1 Å². The summed E-state index contributed by atoms with van der Waals surface area (Å²) < 4.78 is 0. The van der Waals surface area contributed by atoms with Crippen LogP contribution in [0.15, 0.2) is 12.2 Å². The summed E-state index contributed by atoms with van der Waals surface area (Å²) in [5.74, 6) is -0.395. The smallest absolute Gasteiger partial charge is 0.303 e. The third-order valence-corrected chi connectivity index (χ3v) is 3.44. The Morgan fingerprint density at radius 2 is 2.12 bits per heavy atom. The number of hydrogen-bond donors (Lipinski definition) is 2. The second-order valence-electron chi connectivity index (χ2n) is 4.62. The van der Waals surface area contributed by atoms with E-state index in [1.54, 1.807) is 0 Å². The number of aliphatic carboxylic acids is 1. The van der Waals surface area contributed by atoms with Gasteiger partial charge < -0.3 is 10.2 Å². The Hall–Kier alpha value is -0.830. The van der Waals surface area contributed by atoms with Crippen molar-refractivity contribution in [3.8, 4) is 0 Å². The standard InChI is InChI=1S/C13H22O3/c1-2-3-4-5-6-11-10(9-13(15)16)7-8-12(11)14/h3-4,10-12,14H,2,5-9H2,1H3,(H,15,16)/b4-3-. The molecule has 0 bridgehead atoms. The van der Waals surface area contributed by atoms with Crippen molar-refractivity contribution in [2.24, 2.45) is 11.8 Å². The summed E-state index contributed by atoms with van der Waals surface area (Å²) >= 11 is 0. The number of carboxylic acid groups (broad SMARTS) is 1. The molecule has 16 heavy (non-hydrogen) atoms. The molecule has 3 nitrogen and oxygen atoms in total. The fourth-order valence-corrected chi connectivity index (χ4v) is 2.61. The van der Waals surface area contributed by atoms with Crippen molar-refractivity contribution in [1.82, 2.24) is 0 Å². The fourth-order valence-electron chi connectivity index (χ4n) is 2.61. The predicted octanol–water partition coefficient (Wildman–Crippen LogP) is 2.59. The molecular weight excluding hydrogens is 204 g/mol. The van der Waals surface area contributed by atoms with Crippen LogP contribution in [0.3, 0.4) is 0 Å². The van der Waals surface area contributed by atoms with Crippen LogP contribution in [0, 0.1) is 11.8 Å². The fraction of sp³-hybridized carbons (Fsp3) is 0.769. The van der Waals surface area contributed by atoms with E-state index in [0.717, 1.165) is 32.1 Å². The molecule has 1 fully saturated rings. The van der Waals surface area contributed by atoms with Gasteiger partial charge >= 0.3 is 5.97 Å². The zero-order chi connectivity index (χ0) is 12.0. The molecule has 1 rings (SSSR count). The van der Waals surface area contributed by atoms with E-state index in [-0.39, 0.29) is 24.4 Å². The quantitative estimate of drug-likeness (QED) is 0.684. The van der Waals surface area contributed by atoms with E-state index >= 15 is 0 Å². The molecule has 0 heterocycles. The van der Waals surface area contributed by atoms with Crippen molar-refractivity contribution in [2.75, 3.05) is 0 Å². The predicted molar refractivity (Wildman–Crippen MR) is 63.1 cm³/mol. The minimum absolute atomic E-state index is 0.169. The Morgan fingerprint density at radius 1 is 1.38 bits per heavy atom. The molecule has 0 saturated heterocycles. The third-order valence-electron chi connectivity index (χ3n) is 3.44. The van der Waals surface area contributed by atoms with Gasteiger partial charge in [0.25, 0.3) is 0 Å². The number of carbonyl (C=O) groups is 1. The maximum absolute atomic E-state index is 10.7. The van der Waals surface area contributed by atoms with E-state index in [1.807, 2.05) is 0 Å². The van der Waals surface area contributed by atoms with Crippen molar-refractivity contribution < 1.29 is 15.0 Å². The Labute approximate surface area is 97.2 Å². The minimum atomic E-state index is -0.742. The van der Waals surface area contributed by atoms with Gasteiger partial charge in [-0.15, -0.1) is 0 Å². The van der Waals surface area contributed by atoms with Gasteiger partial charge in [-0.05, 0) is 43.9 Å². The van der Waals surface area contributed by atoms with Gasteiger partial charge in [-0.3, -0.25) is 4.79 Å². The van der Waals surface area contributed by atoms with Crippen LogP contribution in [0.5, 0.6) is 0 Å². The van der Waals surface area contributed by atoms with E-state index in [0.29, 0.717) is 0 Å². The van der Waals surface area contributed by atoms with Gasteiger partial charge in [-0.25, -0.2) is 0 Å². The Balaban J connectivity index is 2.40. The lowest BCUT2D eigenvalue weighted by Crippen LogP contribution is -2.21. The molecule has 0 aromatic heterocycles. The summed E-state index contributed by atoms with van der Waals surface area (Å²) in [5.41, 5.74) is 0. The van der Waals surface area contributed by atoms with Crippen molar-refractivity contribution in [2.45, 2.75) is 51.6 Å². The molecular formula is C13H22O3. The number of hydrogen-bond acceptors (Lipinski definition) is 2. The molecule has 1 aliphatic carbocycles. The van der Waals surface area contributed by atoms with Gasteiger partial charge in [0.1, 0.15) is 0 Å². The highest BCUT2D eigenvalue weighted by molar-refractivity contribution is 5.67. The van der Waals surface area contributed by atoms with Crippen molar-refractivity contribution in [3.63, 3.8) is 0 Å². The molecule has 1 aliphatic rings. The lowest BCUT2D eigenvalue weighted by Gasteiger charge is -2.20. The molecule has 3 heteroatoms. The van der Waals surface area contributed by atoms with Crippen LogP contribution in [-0.4, -0.2) is 22.3 Å². The molecule has 0 aromatic carbocycles. The monoisotopic (exact) mass is 226 g/mol. The SMILES string of the molecule is CC/C=C\CCC1C(O)CCC1CC(=O)O. The zero-order valence-electron chi connectivity index (χ0n) is 9.93. The largest absolute Gasteiger partial charge is 0.481 e. The molecule has 2 N–H and O–H groups in total. The summed E-state index contributed by atoms with van der Waals surface area (Å²) in [5, 5.41) is 18.6. The van der Waals surface area contributed by atoms with E-state index < -0.39 is 5.97 Å². The Kier molecular flexibility index (Phi) is 5.53. The maximum Gasteiger partial charge on any atom is 0.303 e. The van der Waals surface area contributed by atoms with Crippen molar-refractivity contribution >= 4 is 5.97 Å². The van der Waals surface area contributed by atoms with Crippen LogP contribution in [0.1, 0.15) is 45.4 Å². The first kappa shape index (κ1) is 13.2. The number of carboxylic acids is 1. The first-order chi connectivity index (χ1) is 7.65. The molecule has 3 unspecified atom stereocenters. The lowest BCUT2D eigenvalue weighted by atomic mass is 9.88. The summed E-state index contributed by atoms with van der Waals surface area (Å²) in [6.45, 7) is 2.09. The summed E-state index contributed by atoms with van der Waals surface area (Å²) in [7, 11) is 0.